The zero-order chi connectivity index (χ0) is 24.1. The zero-order valence-electron chi connectivity index (χ0n) is 19.2. The summed E-state index contributed by atoms with van der Waals surface area (Å²) in [7, 11) is 1.54. The Bertz CT molecular complexity index is 1390. The summed E-state index contributed by atoms with van der Waals surface area (Å²) in [4.78, 5) is 24.6. The number of fused-ring (bicyclic) bond motifs is 3. The lowest BCUT2D eigenvalue weighted by molar-refractivity contribution is -0.123. The average molecular weight is 460 g/mol. The maximum Gasteiger partial charge on any atom is 0.277 e. The molecule has 0 fully saturated rings. The molecule has 1 aromatic heterocycles. The zero-order valence-corrected chi connectivity index (χ0v) is 19.2. The van der Waals surface area contributed by atoms with Gasteiger partial charge in [0.25, 0.3) is 5.91 Å². The second kappa shape index (κ2) is 10.1. The highest BCUT2D eigenvalue weighted by atomic mass is 16.5. The van der Waals surface area contributed by atoms with Crippen LogP contribution in [-0.2, 0) is 9.59 Å². The van der Waals surface area contributed by atoms with Crippen LogP contribution in [0.2, 0.25) is 0 Å². The molecule has 0 bridgehead atoms. The Morgan fingerprint density at radius 3 is 2.59 bits per heavy atom. The van der Waals surface area contributed by atoms with Gasteiger partial charge in [0.15, 0.2) is 6.61 Å². The van der Waals surface area contributed by atoms with Crippen LogP contribution in [0.4, 0.5) is 5.69 Å². The van der Waals surface area contributed by atoms with E-state index in [1.807, 2.05) is 55.5 Å². The van der Waals surface area contributed by atoms with Crippen molar-refractivity contribution in [3.05, 3.63) is 66.2 Å². The average Bonchev–Trinajstić information content (AvgIpc) is 3.18. The predicted molar refractivity (Wildman–Crippen MR) is 131 cm³/mol. The van der Waals surface area contributed by atoms with Gasteiger partial charge in [-0.05, 0) is 43.7 Å². The van der Waals surface area contributed by atoms with Crippen LogP contribution in [0.3, 0.4) is 0 Å². The van der Waals surface area contributed by atoms with Crippen molar-refractivity contribution in [2.75, 3.05) is 19.0 Å². The molecule has 1 heterocycles. The van der Waals surface area contributed by atoms with Crippen molar-refractivity contribution in [1.82, 2.24) is 5.43 Å². The number of rotatable bonds is 8. The summed E-state index contributed by atoms with van der Waals surface area (Å²) in [6.07, 6.45) is -0.0136. The third-order valence-corrected chi connectivity index (χ3v) is 5.12. The van der Waals surface area contributed by atoms with Crippen LogP contribution in [-0.4, -0.2) is 31.2 Å². The lowest BCUT2D eigenvalue weighted by atomic mass is 10.1. The van der Waals surface area contributed by atoms with E-state index in [2.05, 4.69) is 15.8 Å². The number of carbonyl (C=O) groups excluding carboxylic acids is 2. The third kappa shape index (κ3) is 5.35. The van der Waals surface area contributed by atoms with E-state index < -0.39 is 5.91 Å². The summed E-state index contributed by atoms with van der Waals surface area (Å²) >= 11 is 0. The lowest BCUT2D eigenvalue weighted by Crippen LogP contribution is -2.26. The summed E-state index contributed by atoms with van der Waals surface area (Å²) in [6.45, 7) is 3.41. The van der Waals surface area contributed by atoms with Gasteiger partial charge in [-0.25, -0.2) is 5.43 Å². The minimum absolute atomic E-state index is 0.0136. The fourth-order valence-corrected chi connectivity index (χ4v) is 3.53. The highest BCUT2D eigenvalue weighted by molar-refractivity contribution is 6.10. The van der Waals surface area contributed by atoms with E-state index in [0.717, 1.165) is 21.9 Å². The van der Waals surface area contributed by atoms with Crippen LogP contribution in [0.15, 0.2) is 70.2 Å². The molecule has 4 rings (SSSR count). The number of amides is 2. The molecule has 0 spiro atoms. The van der Waals surface area contributed by atoms with Crippen LogP contribution in [0, 0.1) is 6.92 Å². The van der Waals surface area contributed by atoms with E-state index in [1.54, 1.807) is 26.2 Å². The van der Waals surface area contributed by atoms with Gasteiger partial charge in [0.2, 0.25) is 5.91 Å². The fraction of sp³-hybridized carbons (Fsp3) is 0.192. The van der Waals surface area contributed by atoms with E-state index >= 15 is 0 Å². The van der Waals surface area contributed by atoms with Crippen molar-refractivity contribution in [3.63, 3.8) is 0 Å². The summed E-state index contributed by atoms with van der Waals surface area (Å²) in [5.74, 6) is 0.396. The molecule has 0 atom stereocenters. The van der Waals surface area contributed by atoms with Gasteiger partial charge in [0.05, 0.1) is 19.2 Å². The minimum Gasteiger partial charge on any atom is -0.495 e. The molecule has 0 radical (unpaired) electrons. The number of methoxy groups -OCH3 is 1. The van der Waals surface area contributed by atoms with Gasteiger partial charge >= 0.3 is 0 Å². The van der Waals surface area contributed by atoms with Gasteiger partial charge in [-0.1, -0.05) is 30.3 Å². The SMILES string of the molecule is COc1cc2c(cc1NC(=O)C/C(C)=N/NC(=O)COc1cccc(C)c1)oc1ccccc12. The Morgan fingerprint density at radius 1 is 0.971 bits per heavy atom. The lowest BCUT2D eigenvalue weighted by Gasteiger charge is -2.10. The maximum absolute atomic E-state index is 12.6. The molecular formula is C26H25N3O5. The number of furan rings is 1. The van der Waals surface area contributed by atoms with Crippen LogP contribution >= 0.6 is 0 Å². The quantitative estimate of drug-likeness (QED) is 0.291. The largest absolute Gasteiger partial charge is 0.495 e. The highest BCUT2D eigenvalue weighted by Crippen LogP contribution is 2.36. The van der Waals surface area contributed by atoms with Gasteiger partial charge in [-0.2, -0.15) is 5.10 Å². The molecule has 0 aliphatic heterocycles. The van der Waals surface area contributed by atoms with Gasteiger partial charge in [0, 0.05) is 22.6 Å². The monoisotopic (exact) mass is 459 g/mol. The van der Waals surface area contributed by atoms with Crippen LogP contribution < -0.4 is 20.2 Å². The number of nitrogens with one attached hydrogen (secondary N) is 2. The standard InChI is InChI=1S/C26H25N3O5/c1-16-7-6-8-18(11-16)33-15-26(31)29-28-17(2)12-25(30)27-21-14-23-20(13-24(21)32-3)19-9-4-5-10-22(19)34-23/h4-11,13-14H,12,15H2,1-3H3,(H,27,30)(H,29,31)/b28-17+. The number of hydrogen-bond donors (Lipinski definition) is 2. The summed E-state index contributed by atoms with van der Waals surface area (Å²) in [5.41, 5.74) is 5.76. The Kier molecular flexibility index (Phi) is 6.77. The van der Waals surface area contributed by atoms with Crippen molar-refractivity contribution >= 4 is 45.2 Å². The maximum atomic E-state index is 12.6. The van der Waals surface area contributed by atoms with Crippen molar-refractivity contribution < 1.29 is 23.5 Å². The summed E-state index contributed by atoms with van der Waals surface area (Å²) in [6, 6.07) is 18.7. The number of carbonyl (C=O) groups is 2. The molecular weight excluding hydrogens is 434 g/mol. The van der Waals surface area contributed by atoms with Gasteiger partial charge in [-0.3, -0.25) is 9.59 Å². The number of nitrogens with zero attached hydrogens (tertiary/aromatic N) is 1. The van der Waals surface area contributed by atoms with Gasteiger partial charge in [-0.15, -0.1) is 0 Å². The van der Waals surface area contributed by atoms with E-state index in [9.17, 15) is 9.59 Å². The first-order valence-electron chi connectivity index (χ1n) is 10.7. The second-order valence-electron chi connectivity index (χ2n) is 7.86. The molecule has 34 heavy (non-hydrogen) atoms. The van der Waals surface area contributed by atoms with Crippen molar-refractivity contribution in [2.24, 2.45) is 5.10 Å². The molecule has 2 N–H and O–H groups in total. The van der Waals surface area contributed by atoms with Crippen LogP contribution in [0.5, 0.6) is 11.5 Å². The normalized spacial score (nSPS) is 11.4. The van der Waals surface area contributed by atoms with E-state index in [1.165, 1.54) is 0 Å². The molecule has 0 unspecified atom stereocenters. The summed E-state index contributed by atoms with van der Waals surface area (Å²) < 4.78 is 16.8. The molecule has 4 aromatic rings. The van der Waals surface area contributed by atoms with E-state index in [0.29, 0.717) is 28.5 Å². The van der Waals surface area contributed by atoms with E-state index in [-0.39, 0.29) is 18.9 Å². The van der Waals surface area contributed by atoms with Crippen molar-refractivity contribution in [1.29, 1.82) is 0 Å². The molecule has 0 aliphatic rings. The number of benzene rings is 3. The van der Waals surface area contributed by atoms with Gasteiger partial charge < -0.3 is 19.2 Å². The molecule has 8 nitrogen and oxygen atoms in total. The Hall–Kier alpha value is -4.33. The highest BCUT2D eigenvalue weighted by Gasteiger charge is 2.14. The predicted octanol–water partition coefficient (Wildman–Crippen LogP) is 4.80. The molecule has 2 amide bonds. The first-order chi connectivity index (χ1) is 16.4. The van der Waals surface area contributed by atoms with Crippen LogP contribution in [0.1, 0.15) is 18.9 Å². The second-order valence-corrected chi connectivity index (χ2v) is 7.86. The smallest absolute Gasteiger partial charge is 0.277 e. The first-order valence-corrected chi connectivity index (χ1v) is 10.7. The number of ether oxygens (including phenoxy) is 2. The minimum atomic E-state index is -0.418. The Balaban J connectivity index is 1.36. The number of hydrazone groups is 1. The van der Waals surface area contributed by atoms with Crippen molar-refractivity contribution in [2.45, 2.75) is 20.3 Å². The fourth-order valence-electron chi connectivity index (χ4n) is 3.53. The van der Waals surface area contributed by atoms with Crippen molar-refractivity contribution in [3.8, 4) is 11.5 Å². The Labute approximate surface area is 196 Å². The van der Waals surface area contributed by atoms with Gasteiger partial charge in [0.1, 0.15) is 22.7 Å². The molecule has 0 saturated heterocycles. The third-order valence-electron chi connectivity index (χ3n) is 5.12. The molecule has 174 valence electrons. The number of aryl methyl sites for hydroxylation is 1. The van der Waals surface area contributed by atoms with E-state index in [4.69, 9.17) is 13.9 Å². The molecule has 8 heteroatoms. The number of hydrogen-bond acceptors (Lipinski definition) is 6. The first kappa shape index (κ1) is 22.8. The summed E-state index contributed by atoms with van der Waals surface area (Å²) in [5, 5.41) is 8.68. The number of anilines is 1. The topological polar surface area (TPSA) is 102 Å². The number of para-hydroxylation sites is 1. The molecule has 3 aromatic carbocycles. The molecule has 0 aliphatic carbocycles. The van der Waals surface area contributed by atoms with Crippen LogP contribution in [0.25, 0.3) is 21.9 Å². The molecule has 0 saturated carbocycles. The Morgan fingerprint density at radius 2 is 1.79 bits per heavy atom.